The van der Waals surface area contributed by atoms with E-state index in [1.807, 2.05) is 0 Å². The van der Waals surface area contributed by atoms with Crippen LogP contribution >= 0.6 is 0 Å². The molecule has 0 radical (unpaired) electrons. The van der Waals surface area contributed by atoms with E-state index in [0.29, 0.717) is 5.56 Å². The zero-order chi connectivity index (χ0) is 11.9. The van der Waals surface area contributed by atoms with Crippen molar-refractivity contribution in [1.29, 1.82) is 0 Å². The van der Waals surface area contributed by atoms with Gasteiger partial charge in [-0.1, -0.05) is 12.1 Å². The molecule has 1 saturated carbocycles. The van der Waals surface area contributed by atoms with Crippen LogP contribution in [0.5, 0.6) is 0 Å². The molecule has 0 spiro atoms. The minimum Gasteiger partial charge on any atom is -0.478 e. The van der Waals surface area contributed by atoms with Crippen molar-refractivity contribution in [2.45, 2.75) is 23.7 Å². The molecule has 1 aromatic rings. The Labute approximate surface area is 93.8 Å². The Kier molecular flexibility index (Phi) is 2.50. The van der Waals surface area contributed by atoms with Gasteiger partial charge < -0.3 is 5.11 Å². The fourth-order valence-corrected chi connectivity index (χ4v) is 3.07. The normalized spacial score (nSPS) is 16.1. The zero-order valence-corrected chi connectivity index (χ0v) is 9.62. The van der Waals surface area contributed by atoms with Crippen LogP contribution in [0, 0.1) is 0 Å². The van der Waals surface area contributed by atoms with E-state index in [0.717, 1.165) is 19.1 Å². The molecule has 1 aliphatic rings. The third-order valence-corrected chi connectivity index (χ3v) is 3.86. The Morgan fingerprint density at radius 1 is 1.38 bits per heavy atom. The molecule has 2 rings (SSSR count). The van der Waals surface area contributed by atoms with E-state index < -0.39 is 15.8 Å². The summed E-state index contributed by atoms with van der Waals surface area (Å²) in [6.07, 6.45) is 2.93. The molecule has 0 saturated heterocycles. The first-order valence-electron chi connectivity index (χ1n) is 4.97. The second-order valence-corrected chi connectivity index (χ2v) is 6.03. The van der Waals surface area contributed by atoms with E-state index in [9.17, 15) is 13.2 Å². The first-order valence-corrected chi connectivity index (χ1v) is 6.86. The van der Waals surface area contributed by atoms with Crippen molar-refractivity contribution >= 4 is 15.8 Å². The zero-order valence-electron chi connectivity index (χ0n) is 8.80. The van der Waals surface area contributed by atoms with E-state index in [1.54, 1.807) is 12.1 Å². The van der Waals surface area contributed by atoms with Crippen molar-refractivity contribution in [3.63, 3.8) is 0 Å². The lowest BCUT2D eigenvalue weighted by molar-refractivity contribution is 0.0692. The van der Waals surface area contributed by atoms with Crippen LogP contribution in [0.3, 0.4) is 0 Å². The van der Waals surface area contributed by atoms with Crippen LogP contribution in [0.2, 0.25) is 0 Å². The molecule has 1 aromatic carbocycles. The number of carboxylic acid groups (broad SMARTS) is 1. The molecule has 5 heteroatoms. The molecular weight excluding hydrogens is 228 g/mol. The van der Waals surface area contributed by atoms with Gasteiger partial charge in [0.2, 0.25) is 0 Å². The molecule has 1 aliphatic carbocycles. The SMILES string of the molecule is CS(=O)(=O)c1c(C(=O)O)cccc1C1CC1. The van der Waals surface area contributed by atoms with Gasteiger partial charge in [0.15, 0.2) is 9.84 Å². The summed E-state index contributed by atoms with van der Waals surface area (Å²) < 4.78 is 23.3. The van der Waals surface area contributed by atoms with Crippen molar-refractivity contribution in [2.24, 2.45) is 0 Å². The van der Waals surface area contributed by atoms with Gasteiger partial charge in [0.1, 0.15) is 0 Å². The Bertz CT molecular complexity index is 541. The fraction of sp³-hybridized carbons (Fsp3) is 0.364. The quantitative estimate of drug-likeness (QED) is 0.872. The lowest BCUT2D eigenvalue weighted by Gasteiger charge is -2.09. The number of sulfone groups is 1. The number of hydrogen-bond acceptors (Lipinski definition) is 3. The Morgan fingerprint density at radius 3 is 2.44 bits per heavy atom. The maximum Gasteiger partial charge on any atom is 0.337 e. The van der Waals surface area contributed by atoms with E-state index >= 15 is 0 Å². The predicted octanol–water partition coefficient (Wildman–Crippen LogP) is 1.67. The molecule has 0 atom stereocenters. The molecule has 0 unspecified atom stereocenters. The maximum absolute atomic E-state index is 11.6. The number of rotatable bonds is 3. The smallest absolute Gasteiger partial charge is 0.337 e. The minimum absolute atomic E-state index is 0.00926. The average molecular weight is 240 g/mol. The summed E-state index contributed by atoms with van der Waals surface area (Å²) in [6, 6.07) is 4.65. The molecule has 1 fully saturated rings. The lowest BCUT2D eigenvalue weighted by Crippen LogP contribution is -2.10. The third kappa shape index (κ3) is 1.95. The molecule has 0 aromatic heterocycles. The number of aromatic carboxylic acids is 1. The molecule has 1 N–H and O–H groups in total. The van der Waals surface area contributed by atoms with Crippen molar-refractivity contribution in [3.05, 3.63) is 29.3 Å². The standard InChI is InChI=1S/C11H12O4S/c1-16(14,15)10-8(7-5-6-7)3-2-4-9(10)11(12)13/h2-4,7H,5-6H2,1H3,(H,12,13). The van der Waals surface area contributed by atoms with Crippen LogP contribution < -0.4 is 0 Å². The highest BCUT2D eigenvalue weighted by atomic mass is 32.2. The van der Waals surface area contributed by atoms with Gasteiger partial charge in [-0.05, 0) is 30.4 Å². The van der Waals surface area contributed by atoms with E-state index in [-0.39, 0.29) is 16.4 Å². The highest BCUT2D eigenvalue weighted by Crippen LogP contribution is 2.43. The third-order valence-electron chi connectivity index (χ3n) is 2.66. The van der Waals surface area contributed by atoms with Crippen LogP contribution in [-0.2, 0) is 9.84 Å². The van der Waals surface area contributed by atoms with Crippen LogP contribution in [0.4, 0.5) is 0 Å². The number of carbonyl (C=O) groups is 1. The van der Waals surface area contributed by atoms with E-state index in [4.69, 9.17) is 5.11 Å². The van der Waals surface area contributed by atoms with Crippen molar-refractivity contribution < 1.29 is 18.3 Å². The van der Waals surface area contributed by atoms with Gasteiger partial charge in [0.25, 0.3) is 0 Å². The summed E-state index contributed by atoms with van der Waals surface area (Å²) in [6.45, 7) is 0. The first kappa shape index (κ1) is 11.1. The van der Waals surface area contributed by atoms with Crippen molar-refractivity contribution in [3.8, 4) is 0 Å². The fourth-order valence-electron chi connectivity index (χ4n) is 1.85. The van der Waals surface area contributed by atoms with Gasteiger partial charge in [-0.15, -0.1) is 0 Å². The van der Waals surface area contributed by atoms with Crippen LogP contribution in [-0.4, -0.2) is 25.7 Å². The topological polar surface area (TPSA) is 71.4 Å². The summed E-state index contributed by atoms with van der Waals surface area (Å²) in [5.74, 6) is -0.980. The molecule has 0 bridgehead atoms. The molecule has 0 amide bonds. The molecule has 16 heavy (non-hydrogen) atoms. The first-order chi connectivity index (χ1) is 7.41. The minimum atomic E-state index is -3.49. The largest absolute Gasteiger partial charge is 0.478 e. The monoisotopic (exact) mass is 240 g/mol. The van der Waals surface area contributed by atoms with Crippen molar-refractivity contribution in [1.82, 2.24) is 0 Å². The lowest BCUT2D eigenvalue weighted by atomic mass is 10.1. The number of carboxylic acids is 1. The number of benzene rings is 1. The number of hydrogen-bond donors (Lipinski definition) is 1. The summed E-state index contributed by atoms with van der Waals surface area (Å²) in [7, 11) is -3.49. The van der Waals surface area contributed by atoms with E-state index in [2.05, 4.69) is 0 Å². The van der Waals surface area contributed by atoms with Gasteiger partial charge in [0, 0.05) is 6.26 Å². The summed E-state index contributed by atoms with van der Waals surface area (Å²) in [4.78, 5) is 11.0. The van der Waals surface area contributed by atoms with Crippen LogP contribution in [0.15, 0.2) is 23.1 Å². The molecule has 0 aliphatic heterocycles. The van der Waals surface area contributed by atoms with Gasteiger partial charge >= 0.3 is 5.97 Å². The van der Waals surface area contributed by atoms with Crippen LogP contribution in [0.25, 0.3) is 0 Å². The van der Waals surface area contributed by atoms with Gasteiger partial charge in [-0.2, -0.15) is 0 Å². The van der Waals surface area contributed by atoms with Gasteiger partial charge in [0.05, 0.1) is 10.5 Å². The summed E-state index contributed by atoms with van der Waals surface area (Å²) in [5, 5.41) is 8.99. The highest BCUT2D eigenvalue weighted by molar-refractivity contribution is 7.90. The second-order valence-electron chi connectivity index (χ2n) is 4.08. The second kappa shape index (κ2) is 3.59. The highest BCUT2D eigenvalue weighted by Gasteiger charge is 2.31. The average Bonchev–Trinajstić information content (AvgIpc) is 2.98. The maximum atomic E-state index is 11.6. The summed E-state index contributed by atoms with van der Waals surface area (Å²) in [5.41, 5.74) is 0.536. The summed E-state index contributed by atoms with van der Waals surface area (Å²) >= 11 is 0. The van der Waals surface area contributed by atoms with Gasteiger partial charge in [-0.3, -0.25) is 0 Å². The predicted molar refractivity (Wildman–Crippen MR) is 58.5 cm³/mol. The van der Waals surface area contributed by atoms with Crippen molar-refractivity contribution in [2.75, 3.05) is 6.26 Å². The Hall–Kier alpha value is -1.36. The Balaban J connectivity index is 2.72. The molecule has 4 nitrogen and oxygen atoms in total. The molecular formula is C11H12O4S. The molecule has 86 valence electrons. The van der Waals surface area contributed by atoms with Crippen LogP contribution in [0.1, 0.15) is 34.7 Å². The molecule has 0 heterocycles. The van der Waals surface area contributed by atoms with E-state index in [1.165, 1.54) is 6.07 Å². The Morgan fingerprint density at radius 2 is 2.00 bits per heavy atom. The van der Waals surface area contributed by atoms with Gasteiger partial charge in [-0.25, -0.2) is 13.2 Å².